The van der Waals surface area contributed by atoms with Crippen LogP contribution in [0.1, 0.15) is 13.8 Å². The normalized spacial score (nSPS) is 54.5. The van der Waals surface area contributed by atoms with E-state index >= 15 is 0 Å². The summed E-state index contributed by atoms with van der Waals surface area (Å²) in [5, 5.41) is 0. The monoisotopic (exact) mass is 170 g/mol. The lowest BCUT2D eigenvalue weighted by Crippen LogP contribution is -2.60. The van der Waals surface area contributed by atoms with Crippen molar-refractivity contribution < 1.29 is 14.2 Å². The molecule has 0 amide bonds. The topological polar surface area (TPSA) is 34.3 Å². The largest absolute Gasteiger partial charge is 0.370 e. The van der Waals surface area contributed by atoms with Crippen LogP contribution >= 0.6 is 0 Å². The zero-order chi connectivity index (χ0) is 8.34. The van der Waals surface area contributed by atoms with Crippen molar-refractivity contribution in [2.24, 2.45) is 5.41 Å². The maximum absolute atomic E-state index is 5.75. The number of epoxide rings is 2. The highest BCUT2D eigenvalue weighted by Gasteiger charge is 2.61. The van der Waals surface area contributed by atoms with Crippen molar-refractivity contribution in [3.05, 3.63) is 0 Å². The first-order valence-electron chi connectivity index (χ1n) is 4.58. The molecule has 0 aromatic rings. The average Bonchev–Trinajstić information content (AvgIpc) is 2.78. The molecule has 0 N–H and O–H groups in total. The van der Waals surface area contributed by atoms with E-state index in [1.807, 2.05) is 0 Å². The molecule has 0 aliphatic carbocycles. The second kappa shape index (κ2) is 2.03. The first kappa shape index (κ1) is 7.30. The summed E-state index contributed by atoms with van der Waals surface area (Å²) in [4.78, 5) is 0. The van der Waals surface area contributed by atoms with Gasteiger partial charge in [-0.1, -0.05) is 13.8 Å². The van der Waals surface area contributed by atoms with Crippen LogP contribution < -0.4 is 0 Å². The standard InChI is InChI=1S/C9H14O3/c1-9(2)7(5-3-10-5)12-8(9)6-4-11-6/h5-8H,3-4H2,1-2H3. The van der Waals surface area contributed by atoms with Gasteiger partial charge in [-0.2, -0.15) is 0 Å². The van der Waals surface area contributed by atoms with Crippen LogP contribution in [-0.2, 0) is 14.2 Å². The van der Waals surface area contributed by atoms with Gasteiger partial charge in [0.25, 0.3) is 0 Å². The fourth-order valence-electron chi connectivity index (χ4n) is 2.19. The van der Waals surface area contributed by atoms with E-state index < -0.39 is 0 Å². The number of hydrogen-bond donors (Lipinski definition) is 0. The second-order valence-electron chi connectivity index (χ2n) is 4.54. The van der Waals surface area contributed by atoms with E-state index in [1.54, 1.807) is 0 Å². The van der Waals surface area contributed by atoms with Gasteiger partial charge in [0.15, 0.2) is 0 Å². The summed E-state index contributed by atoms with van der Waals surface area (Å²) in [6.07, 6.45) is 1.36. The van der Waals surface area contributed by atoms with Crippen molar-refractivity contribution in [2.75, 3.05) is 13.2 Å². The average molecular weight is 170 g/mol. The predicted octanol–water partition coefficient (Wildman–Crippen LogP) is 0.578. The lowest BCUT2D eigenvalue weighted by molar-refractivity contribution is -0.246. The summed E-state index contributed by atoms with van der Waals surface area (Å²) in [6.45, 7) is 6.25. The van der Waals surface area contributed by atoms with Crippen LogP contribution in [0.2, 0.25) is 0 Å². The van der Waals surface area contributed by atoms with E-state index in [0.29, 0.717) is 24.4 Å². The molecule has 3 fully saturated rings. The fourth-order valence-corrected chi connectivity index (χ4v) is 2.19. The van der Waals surface area contributed by atoms with E-state index in [4.69, 9.17) is 14.2 Å². The Bertz CT molecular complexity index is 186. The van der Waals surface area contributed by atoms with Gasteiger partial charge >= 0.3 is 0 Å². The zero-order valence-electron chi connectivity index (χ0n) is 7.45. The molecule has 0 aromatic carbocycles. The Balaban J connectivity index is 1.70. The first-order chi connectivity index (χ1) is 5.69. The summed E-state index contributed by atoms with van der Waals surface area (Å²) < 4.78 is 16.2. The Labute approximate surface area is 72.0 Å². The maximum atomic E-state index is 5.75. The van der Waals surface area contributed by atoms with Gasteiger partial charge in [-0.15, -0.1) is 0 Å². The molecule has 3 saturated heterocycles. The molecular formula is C9H14O3. The molecular weight excluding hydrogens is 156 g/mol. The molecule has 3 heterocycles. The molecule has 68 valence electrons. The van der Waals surface area contributed by atoms with Gasteiger partial charge in [0.1, 0.15) is 12.2 Å². The molecule has 0 radical (unpaired) electrons. The molecule has 3 aliphatic rings. The fraction of sp³-hybridized carbons (Fsp3) is 1.00. The minimum absolute atomic E-state index is 0.252. The van der Waals surface area contributed by atoms with Crippen molar-refractivity contribution in [3.8, 4) is 0 Å². The highest BCUT2D eigenvalue weighted by molar-refractivity contribution is 5.07. The summed E-state index contributed by atoms with van der Waals surface area (Å²) >= 11 is 0. The van der Waals surface area contributed by atoms with Gasteiger partial charge in [-0.25, -0.2) is 0 Å². The van der Waals surface area contributed by atoms with E-state index in [-0.39, 0.29) is 5.41 Å². The van der Waals surface area contributed by atoms with Crippen molar-refractivity contribution in [3.63, 3.8) is 0 Å². The van der Waals surface area contributed by atoms with Crippen molar-refractivity contribution in [1.29, 1.82) is 0 Å². The minimum Gasteiger partial charge on any atom is -0.370 e. The van der Waals surface area contributed by atoms with E-state index in [1.165, 1.54) is 0 Å². The molecule has 4 atom stereocenters. The third kappa shape index (κ3) is 0.873. The Morgan fingerprint density at radius 3 is 1.67 bits per heavy atom. The molecule has 0 bridgehead atoms. The molecule has 3 aliphatic heterocycles. The highest BCUT2D eigenvalue weighted by atomic mass is 16.6. The first-order valence-corrected chi connectivity index (χ1v) is 4.58. The van der Waals surface area contributed by atoms with Crippen LogP contribution in [0.5, 0.6) is 0 Å². The van der Waals surface area contributed by atoms with Gasteiger partial charge in [-0.05, 0) is 0 Å². The van der Waals surface area contributed by atoms with E-state index in [2.05, 4.69) is 13.8 Å². The number of rotatable bonds is 2. The quantitative estimate of drug-likeness (QED) is 0.568. The molecule has 3 rings (SSSR count). The Kier molecular flexibility index (Phi) is 1.23. The van der Waals surface area contributed by atoms with Crippen LogP contribution in [0.3, 0.4) is 0 Å². The van der Waals surface area contributed by atoms with Gasteiger partial charge in [0.05, 0.1) is 25.4 Å². The summed E-state index contributed by atoms with van der Waals surface area (Å²) in [5.74, 6) is 0. The molecule has 0 spiro atoms. The lowest BCUT2D eigenvalue weighted by Gasteiger charge is -2.50. The molecule has 0 saturated carbocycles. The molecule has 4 unspecified atom stereocenters. The molecule has 0 aromatic heterocycles. The van der Waals surface area contributed by atoms with Crippen molar-refractivity contribution in [1.82, 2.24) is 0 Å². The third-order valence-electron chi connectivity index (χ3n) is 3.15. The summed E-state index contributed by atoms with van der Waals surface area (Å²) in [5.41, 5.74) is 0.252. The molecule has 3 heteroatoms. The number of ether oxygens (including phenoxy) is 3. The van der Waals surface area contributed by atoms with Crippen LogP contribution in [0.25, 0.3) is 0 Å². The van der Waals surface area contributed by atoms with E-state index in [0.717, 1.165) is 13.2 Å². The third-order valence-corrected chi connectivity index (χ3v) is 3.15. The number of hydrogen-bond acceptors (Lipinski definition) is 3. The van der Waals surface area contributed by atoms with Gasteiger partial charge in [0.2, 0.25) is 0 Å². The molecule has 12 heavy (non-hydrogen) atoms. The van der Waals surface area contributed by atoms with E-state index in [9.17, 15) is 0 Å². The minimum atomic E-state index is 0.252. The Hall–Kier alpha value is -0.120. The van der Waals surface area contributed by atoms with Crippen LogP contribution in [-0.4, -0.2) is 37.6 Å². The summed E-state index contributed by atoms with van der Waals surface area (Å²) in [6, 6.07) is 0. The predicted molar refractivity (Wildman–Crippen MR) is 41.9 cm³/mol. The smallest absolute Gasteiger partial charge is 0.108 e. The maximum Gasteiger partial charge on any atom is 0.108 e. The molecule has 3 nitrogen and oxygen atoms in total. The van der Waals surface area contributed by atoms with Gasteiger partial charge in [-0.3, -0.25) is 0 Å². The van der Waals surface area contributed by atoms with Gasteiger partial charge in [0, 0.05) is 5.41 Å². The SMILES string of the molecule is CC1(C)C(C2CO2)OC1C1CO1. The summed E-state index contributed by atoms with van der Waals surface area (Å²) in [7, 11) is 0. The second-order valence-corrected chi connectivity index (χ2v) is 4.54. The van der Waals surface area contributed by atoms with Crippen molar-refractivity contribution in [2.45, 2.75) is 38.3 Å². The Morgan fingerprint density at radius 2 is 1.42 bits per heavy atom. The van der Waals surface area contributed by atoms with Crippen LogP contribution in [0.15, 0.2) is 0 Å². The lowest BCUT2D eigenvalue weighted by atomic mass is 9.72. The van der Waals surface area contributed by atoms with Crippen LogP contribution in [0.4, 0.5) is 0 Å². The van der Waals surface area contributed by atoms with Crippen molar-refractivity contribution >= 4 is 0 Å². The zero-order valence-corrected chi connectivity index (χ0v) is 7.45. The van der Waals surface area contributed by atoms with Crippen LogP contribution in [0, 0.1) is 5.41 Å². The van der Waals surface area contributed by atoms with Gasteiger partial charge < -0.3 is 14.2 Å². The Morgan fingerprint density at radius 1 is 1.00 bits per heavy atom. The highest BCUT2D eigenvalue weighted by Crippen LogP contribution is 2.49.